The van der Waals surface area contributed by atoms with Crippen molar-refractivity contribution in [3.63, 3.8) is 0 Å². The number of nitrogens with zero attached hydrogens (tertiary/aromatic N) is 3. The molecule has 1 fully saturated rings. The highest BCUT2D eigenvalue weighted by molar-refractivity contribution is 5.44. The van der Waals surface area contributed by atoms with E-state index < -0.39 is 0 Å². The maximum Gasteiger partial charge on any atom is 0.0907 e. The second-order valence-corrected chi connectivity index (χ2v) is 3.43. The Labute approximate surface area is 79.0 Å². The van der Waals surface area contributed by atoms with Crippen molar-refractivity contribution in [3.05, 3.63) is 24.5 Å². The Morgan fingerprint density at radius 2 is 2.08 bits per heavy atom. The molecule has 0 unspecified atom stereocenters. The van der Waals surface area contributed by atoms with Crippen LogP contribution in [0.5, 0.6) is 0 Å². The van der Waals surface area contributed by atoms with Crippen molar-refractivity contribution in [1.82, 2.24) is 9.88 Å². The fourth-order valence-electron chi connectivity index (χ4n) is 1.57. The predicted molar refractivity (Wildman–Crippen MR) is 52.8 cm³/mol. The molecule has 3 nitrogen and oxygen atoms in total. The molecule has 0 bridgehead atoms. The van der Waals surface area contributed by atoms with E-state index in [1.54, 1.807) is 6.20 Å². The Hall–Kier alpha value is -1.09. The second-order valence-electron chi connectivity index (χ2n) is 3.43. The minimum atomic E-state index is 1.11. The normalized spacial score (nSPS) is 19.0. The van der Waals surface area contributed by atoms with Crippen molar-refractivity contribution in [1.29, 1.82) is 0 Å². The quantitative estimate of drug-likeness (QED) is 0.625. The third-order valence-electron chi connectivity index (χ3n) is 2.48. The topological polar surface area (TPSA) is 19.4 Å². The van der Waals surface area contributed by atoms with Gasteiger partial charge in [-0.2, -0.15) is 0 Å². The predicted octanol–water partition coefficient (Wildman–Crippen LogP) is 0.634. The molecule has 3 heteroatoms. The molecular formula is C10H14N3. The highest BCUT2D eigenvalue weighted by atomic mass is 15.2. The van der Waals surface area contributed by atoms with Crippen LogP contribution in [0.15, 0.2) is 18.3 Å². The molecule has 1 aromatic heterocycles. The van der Waals surface area contributed by atoms with Crippen LogP contribution in [0, 0.1) is 6.20 Å². The molecule has 1 saturated heterocycles. The van der Waals surface area contributed by atoms with Crippen LogP contribution >= 0.6 is 0 Å². The average molecular weight is 176 g/mol. The number of pyridine rings is 1. The number of likely N-dealkylation sites (N-methyl/N-ethyl adjacent to an activating group) is 1. The van der Waals surface area contributed by atoms with Crippen LogP contribution in [0.1, 0.15) is 0 Å². The van der Waals surface area contributed by atoms with Gasteiger partial charge in [-0.25, -0.2) is 0 Å². The molecule has 0 aromatic carbocycles. The van der Waals surface area contributed by atoms with Crippen molar-refractivity contribution in [2.75, 3.05) is 38.1 Å². The molecular weight excluding hydrogens is 162 g/mol. The molecule has 0 atom stereocenters. The fourth-order valence-corrected chi connectivity index (χ4v) is 1.57. The molecule has 2 heterocycles. The van der Waals surface area contributed by atoms with Crippen LogP contribution in [0.4, 0.5) is 5.69 Å². The summed E-state index contributed by atoms with van der Waals surface area (Å²) >= 11 is 0. The number of rotatable bonds is 1. The van der Waals surface area contributed by atoms with E-state index in [0.717, 1.165) is 26.2 Å². The van der Waals surface area contributed by atoms with E-state index in [1.165, 1.54) is 5.69 Å². The van der Waals surface area contributed by atoms with Crippen LogP contribution in [0.25, 0.3) is 0 Å². The SMILES string of the molecule is CN1CCN(c2c[c]ncc2)CC1. The summed E-state index contributed by atoms with van der Waals surface area (Å²) in [5.74, 6) is 0. The summed E-state index contributed by atoms with van der Waals surface area (Å²) < 4.78 is 0. The number of hydrogen-bond donors (Lipinski definition) is 0. The van der Waals surface area contributed by atoms with Gasteiger partial charge in [0.25, 0.3) is 0 Å². The summed E-state index contributed by atoms with van der Waals surface area (Å²) in [7, 11) is 2.16. The van der Waals surface area contributed by atoms with Gasteiger partial charge >= 0.3 is 0 Å². The van der Waals surface area contributed by atoms with Gasteiger partial charge in [0.15, 0.2) is 0 Å². The van der Waals surface area contributed by atoms with Crippen LogP contribution in [-0.4, -0.2) is 43.1 Å². The molecule has 69 valence electrons. The monoisotopic (exact) mass is 176 g/mol. The molecule has 0 spiro atoms. The lowest BCUT2D eigenvalue weighted by Gasteiger charge is -2.33. The fraction of sp³-hybridized carbons (Fsp3) is 0.500. The van der Waals surface area contributed by atoms with Gasteiger partial charge in [0, 0.05) is 38.1 Å². The van der Waals surface area contributed by atoms with E-state index in [2.05, 4.69) is 28.0 Å². The maximum atomic E-state index is 3.89. The molecule has 0 saturated carbocycles. The lowest BCUT2D eigenvalue weighted by Crippen LogP contribution is -2.44. The van der Waals surface area contributed by atoms with E-state index >= 15 is 0 Å². The third kappa shape index (κ3) is 1.98. The Kier molecular flexibility index (Phi) is 2.45. The van der Waals surface area contributed by atoms with Gasteiger partial charge < -0.3 is 9.80 Å². The first-order valence-corrected chi connectivity index (χ1v) is 4.62. The largest absolute Gasteiger partial charge is 0.369 e. The zero-order valence-corrected chi connectivity index (χ0v) is 7.90. The number of hydrogen-bond acceptors (Lipinski definition) is 3. The lowest BCUT2D eigenvalue weighted by molar-refractivity contribution is 0.313. The van der Waals surface area contributed by atoms with Gasteiger partial charge in [0.2, 0.25) is 0 Å². The summed E-state index contributed by atoms with van der Waals surface area (Å²) in [6.07, 6.45) is 4.66. The maximum absolute atomic E-state index is 3.89. The van der Waals surface area contributed by atoms with Gasteiger partial charge in [0.1, 0.15) is 0 Å². The molecule has 0 N–H and O–H groups in total. The first-order chi connectivity index (χ1) is 6.36. The first kappa shape index (κ1) is 8.51. The van der Waals surface area contributed by atoms with Crippen molar-refractivity contribution in [2.45, 2.75) is 0 Å². The van der Waals surface area contributed by atoms with E-state index in [0.29, 0.717) is 0 Å². The van der Waals surface area contributed by atoms with Gasteiger partial charge in [-0.15, -0.1) is 0 Å². The molecule has 1 aromatic rings. The summed E-state index contributed by atoms with van der Waals surface area (Å²) in [5, 5.41) is 0. The van der Waals surface area contributed by atoms with E-state index in [9.17, 15) is 0 Å². The Bertz CT molecular complexity index is 252. The van der Waals surface area contributed by atoms with Gasteiger partial charge in [-0.1, -0.05) is 0 Å². The van der Waals surface area contributed by atoms with Crippen LogP contribution in [-0.2, 0) is 0 Å². The van der Waals surface area contributed by atoms with Crippen molar-refractivity contribution in [3.8, 4) is 0 Å². The number of aromatic nitrogens is 1. The zero-order chi connectivity index (χ0) is 9.10. The summed E-state index contributed by atoms with van der Waals surface area (Å²) in [5.41, 5.74) is 1.24. The highest BCUT2D eigenvalue weighted by Crippen LogP contribution is 2.13. The van der Waals surface area contributed by atoms with E-state index in [1.807, 2.05) is 12.1 Å². The van der Waals surface area contributed by atoms with Gasteiger partial charge in [0.05, 0.1) is 6.20 Å². The van der Waals surface area contributed by atoms with Gasteiger partial charge in [-0.3, -0.25) is 4.98 Å². The summed E-state index contributed by atoms with van der Waals surface area (Å²) in [4.78, 5) is 8.61. The zero-order valence-electron chi connectivity index (χ0n) is 7.90. The van der Waals surface area contributed by atoms with Crippen molar-refractivity contribution in [2.24, 2.45) is 0 Å². The summed E-state index contributed by atoms with van der Waals surface area (Å²) in [6.45, 7) is 4.49. The van der Waals surface area contributed by atoms with Crippen LogP contribution in [0.2, 0.25) is 0 Å². The average Bonchev–Trinajstić information content (AvgIpc) is 2.20. The minimum absolute atomic E-state index is 1.11. The minimum Gasteiger partial charge on any atom is -0.369 e. The molecule has 1 aliphatic rings. The summed E-state index contributed by atoms with van der Waals surface area (Å²) in [6, 6.07) is 3.99. The van der Waals surface area contributed by atoms with Crippen LogP contribution in [0.3, 0.4) is 0 Å². The molecule has 13 heavy (non-hydrogen) atoms. The third-order valence-corrected chi connectivity index (χ3v) is 2.48. The number of anilines is 1. The molecule has 1 aliphatic heterocycles. The molecule has 0 amide bonds. The highest BCUT2D eigenvalue weighted by Gasteiger charge is 2.13. The van der Waals surface area contributed by atoms with E-state index in [-0.39, 0.29) is 0 Å². The number of piperazine rings is 1. The Balaban J connectivity index is 2.03. The smallest absolute Gasteiger partial charge is 0.0907 e. The molecule has 0 aliphatic carbocycles. The Morgan fingerprint density at radius 1 is 1.31 bits per heavy atom. The van der Waals surface area contributed by atoms with E-state index in [4.69, 9.17) is 0 Å². The van der Waals surface area contributed by atoms with Crippen LogP contribution < -0.4 is 4.90 Å². The standard InChI is InChI=1S/C10H14N3/c1-12-6-8-13(9-7-12)10-2-4-11-5-3-10/h2-4H,6-9H2,1H3. The first-order valence-electron chi connectivity index (χ1n) is 4.62. The Morgan fingerprint density at radius 3 is 2.69 bits per heavy atom. The van der Waals surface area contributed by atoms with Crippen molar-refractivity contribution >= 4 is 5.69 Å². The molecule has 2 rings (SSSR count). The second kappa shape index (κ2) is 3.75. The molecule has 1 radical (unpaired) electrons. The van der Waals surface area contributed by atoms with Gasteiger partial charge in [-0.05, 0) is 19.2 Å². The lowest BCUT2D eigenvalue weighted by atomic mass is 10.3. The van der Waals surface area contributed by atoms with Crippen molar-refractivity contribution < 1.29 is 0 Å².